The molecule has 0 bridgehead atoms. The third-order valence-corrected chi connectivity index (χ3v) is 5.45. The molecule has 31 heavy (non-hydrogen) atoms. The summed E-state index contributed by atoms with van der Waals surface area (Å²) in [5.74, 6) is -0.385. The van der Waals surface area contributed by atoms with Gasteiger partial charge in [0.05, 0.1) is 16.3 Å². The summed E-state index contributed by atoms with van der Waals surface area (Å²) in [6, 6.07) is 20.2. The van der Waals surface area contributed by atoms with Gasteiger partial charge in [0.1, 0.15) is 0 Å². The molecule has 1 amide bonds. The minimum absolute atomic E-state index is 0.0578. The van der Waals surface area contributed by atoms with Gasteiger partial charge in [-0.3, -0.25) is 14.9 Å². The minimum atomic E-state index is -0.477. The number of nitrogens with one attached hydrogen (secondary N) is 1. The number of hydrogen-bond acceptors (Lipinski definition) is 5. The van der Waals surface area contributed by atoms with Crippen molar-refractivity contribution in [1.82, 2.24) is 15.0 Å². The molecule has 0 atom stereocenters. The molecule has 4 aromatic rings. The maximum absolute atomic E-state index is 12.8. The van der Waals surface area contributed by atoms with E-state index in [-0.39, 0.29) is 17.3 Å². The molecule has 8 heteroatoms. The third-order valence-electron chi connectivity index (χ3n) is 5.45. The number of nitrogens with zero attached hydrogens (tertiary/aromatic N) is 4. The number of carbonyl (C=O) groups excluding carboxylic acids is 1. The average molecular weight is 411 g/mol. The van der Waals surface area contributed by atoms with Gasteiger partial charge in [-0.15, -0.1) is 5.10 Å². The summed E-state index contributed by atoms with van der Waals surface area (Å²) in [7, 11) is 0. The molecule has 0 radical (unpaired) electrons. The second kappa shape index (κ2) is 7.17. The number of nitro groups is 1. The molecule has 0 fully saturated rings. The van der Waals surface area contributed by atoms with Crippen LogP contribution in [0.3, 0.4) is 0 Å². The molecule has 5 rings (SSSR count). The van der Waals surface area contributed by atoms with Crippen molar-refractivity contribution in [3.8, 4) is 16.8 Å². The molecular weight excluding hydrogens is 394 g/mol. The molecule has 1 heterocycles. The van der Waals surface area contributed by atoms with Crippen molar-refractivity contribution in [3.05, 3.63) is 99.4 Å². The van der Waals surface area contributed by atoms with Gasteiger partial charge >= 0.3 is 0 Å². The summed E-state index contributed by atoms with van der Waals surface area (Å²) in [5, 5.41) is 21.9. The quantitative estimate of drug-likeness (QED) is 0.351. The smallest absolute Gasteiger partial charge is 0.278 e. The number of benzene rings is 3. The normalized spacial score (nSPS) is 11.6. The maximum Gasteiger partial charge on any atom is 0.278 e. The van der Waals surface area contributed by atoms with E-state index >= 15 is 0 Å². The molecular formula is C23H17N5O3. The van der Waals surface area contributed by atoms with E-state index in [9.17, 15) is 14.9 Å². The molecule has 1 aliphatic carbocycles. The zero-order chi connectivity index (χ0) is 21.5. The van der Waals surface area contributed by atoms with Crippen molar-refractivity contribution in [2.45, 2.75) is 13.3 Å². The molecule has 1 aliphatic rings. The second-order valence-corrected chi connectivity index (χ2v) is 7.37. The highest BCUT2D eigenvalue weighted by Crippen LogP contribution is 2.37. The van der Waals surface area contributed by atoms with Crippen LogP contribution in [0.1, 0.15) is 27.3 Å². The van der Waals surface area contributed by atoms with Crippen molar-refractivity contribution in [1.29, 1.82) is 0 Å². The first-order valence-corrected chi connectivity index (χ1v) is 9.71. The lowest BCUT2D eigenvalue weighted by Crippen LogP contribution is -2.14. The SMILES string of the molecule is Cc1c(C(=O)Nc2ccc3c(c2)Cc2ccccc2-3)nnn1-c1cccc([N+](=O)[O-])c1. The van der Waals surface area contributed by atoms with Gasteiger partial charge in [0, 0.05) is 17.8 Å². The van der Waals surface area contributed by atoms with Crippen molar-refractivity contribution in [3.63, 3.8) is 0 Å². The number of anilines is 1. The molecule has 0 saturated heterocycles. The standard InChI is InChI=1S/C23H17N5O3/c1-14-22(25-26-27(14)18-6-4-7-19(13-18)28(30)31)23(29)24-17-9-10-21-16(12-17)11-15-5-2-3-8-20(15)21/h2-10,12-13H,11H2,1H3,(H,24,29). The Kier molecular flexibility index (Phi) is 4.32. The Morgan fingerprint density at radius 2 is 1.84 bits per heavy atom. The first kappa shape index (κ1) is 18.7. The molecule has 3 aromatic carbocycles. The van der Waals surface area contributed by atoms with E-state index in [1.165, 1.54) is 33.5 Å². The van der Waals surface area contributed by atoms with Crippen molar-refractivity contribution < 1.29 is 9.72 Å². The van der Waals surface area contributed by atoms with Gasteiger partial charge < -0.3 is 5.32 Å². The fourth-order valence-corrected chi connectivity index (χ4v) is 3.94. The van der Waals surface area contributed by atoms with Crippen molar-refractivity contribution >= 4 is 17.3 Å². The summed E-state index contributed by atoms with van der Waals surface area (Å²) >= 11 is 0. The lowest BCUT2D eigenvalue weighted by Gasteiger charge is -2.07. The van der Waals surface area contributed by atoms with E-state index in [1.807, 2.05) is 30.3 Å². The van der Waals surface area contributed by atoms with Crippen LogP contribution in [-0.4, -0.2) is 25.8 Å². The van der Waals surface area contributed by atoms with Crippen LogP contribution in [0.5, 0.6) is 0 Å². The predicted octanol–water partition coefficient (Wildman–Crippen LogP) is 4.31. The molecule has 0 saturated carbocycles. The fraction of sp³-hybridized carbons (Fsp3) is 0.0870. The van der Waals surface area contributed by atoms with E-state index < -0.39 is 4.92 Å². The molecule has 8 nitrogen and oxygen atoms in total. The highest BCUT2D eigenvalue weighted by atomic mass is 16.6. The van der Waals surface area contributed by atoms with Crippen molar-refractivity contribution in [2.24, 2.45) is 0 Å². The highest BCUT2D eigenvalue weighted by molar-refractivity contribution is 6.03. The lowest BCUT2D eigenvalue weighted by atomic mass is 10.1. The number of nitro benzene ring substituents is 1. The summed E-state index contributed by atoms with van der Waals surface area (Å²) in [4.78, 5) is 23.4. The van der Waals surface area contributed by atoms with Crippen molar-refractivity contribution in [2.75, 3.05) is 5.32 Å². The van der Waals surface area contributed by atoms with Gasteiger partial charge in [0.15, 0.2) is 5.69 Å². The van der Waals surface area contributed by atoms with Crippen LogP contribution in [0, 0.1) is 17.0 Å². The van der Waals surface area contributed by atoms with Gasteiger partial charge in [-0.05, 0) is 53.8 Å². The van der Waals surface area contributed by atoms with Crippen LogP contribution in [0.2, 0.25) is 0 Å². The predicted molar refractivity (Wildman–Crippen MR) is 115 cm³/mol. The first-order valence-electron chi connectivity index (χ1n) is 9.71. The van der Waals surface area contributed by atoms with E-state index in [0.29, 0.717) is 17.1 Å². The Bertz CT molecular complexity index is 1360. The summed E-state index contributed by atoms with van der Waals surface area (Å²) in [5.41, 5.74) is 6.59. The van der Waals surface area contributed by atoms with Crippen LogP contribution in [0.25, 0.3) is 16.8 Å². The van der Waals surface area contributed by atoms with Gasteiger partial charge in [-0.2, -0.15) is 0 Å². The monoisotopic (exact) mass is 411 g/mol. The first-order chi connectivity index (χ1) is 15.0. The van der Waals surface area contributed by atoms with E-state index in [1.54, 1.807) is 19.1 Å². The van der Waals surface area contributed by atoms with E-state index in [0.717, 1.165) is 12.0 Å². The number of amides is 1. The lowest BCUT2D eigenvalue weighted by molar-refractivity contribution is -0.384. The number of rotatable bonds is 4. The zero-order valence-corrected chi connectivity index (χ0v) is 16.6. The molecule has 1 N–H and O–H groups in total. The average Bonchev–Trinajstić information content (AvgIpc) is 3.33. The van der Waals surface area contributed by atoms with Crippen LogP contribution in [0.4, 0.5) is 11.4 Å². The Labute approximate surface area is 177 Å². The van der Waals surface area contributed by atoms with Gasteiger partial charge in [0.2, 0.25) is 0 Å². The van der Waals surface area contributed by atoms with Crippen LogP contribution >= 0.6 is 0 Å². The van der Waals surface area contributed by atoms with Gasteiger partial charge in [0.25, 0.3) is 11.6 Å². The Morgan fingerprint density at radius 1 is 1.03 bits per heavy atom. The molecule has 0 aliphatic heterocycles. The van der Waals surface area contributed by atoms with Gasteiger partial charge in [-0.1, -0.05) is 41.6 Å². The van der Waals surface area contributed by atoms with Crippen LogP contribution < -0.4 is 5.32 Å². The second-order valence-electron chi connectivity index (χ2n) is 7.37. The molecule has 152 valence electrons. The van der Waals surface area contributed by atoms with Crippen LogP contribution in [-0.2, 0) is 6.42 Å². The minimum Gasteiger partial charge on any atom is -0.321 e. The Balaban J connectivity index is 1.39. The summed E-state index contributed by atoms with van der Waals surface area (Å²) < 4.78 is 1.42. The van der Waals surface area contributed by atoms with Gasteiger partial charge in [-0.25, -0.2) is 4.68 Å². The summed E-state index contributed by atoms with van der Waals surface area (Å²) in [6.45, 7) is 1.70. The molecule has 0 spiro atoms. The third kappa shape index (κ3) is 3.24. The Hall–Kier alpha value is -4.33. The van der Waals surface area contributed by atoms with E-state index in [4.69, 9.17) is 0 Å². The van der Waals surface area contributed by atoms with Crippen LogP contribution in [0.15, 0.2) is 66.7 Å². The Morgan fingerprint density at radius 3 is 2.68 bits per heavy atom. The summed E-state index contributed by atoms with van der Waals surface area (Å²) in [6.07, 6.45) is 0.831. The highest BCUT2D eigenvalue weighted by Gasteiger charge is 2.21. The zero-order valence-electron chi connectivity index (χ0n) is 16.6. The maximum atomic E-state index is 12.8. The number of hydrogen-bond donors (Lipinski definition) is 1. The topological polar surface area (TPSA) is 103 Å². The number of carbonyl (C=O) groups is 1. The number of fused-ring (bicyclic) bond motifs is 3. The largest absolute Gasteiger partial charge is 0.321 e. The molecule has 1 aromatic heterocycles. The molecule has 0 unspecified atom stereocenters. The number of aromatic nitrogens is 3. The van der Waals surface area contributed by atoms with E-state index in [2.05, 4.69) is 27.8 Å². The fourth-order valence-electron chi connectivity index (χ4n) is 3.94. The number of non-ortho nitro benzene ring substituents is 1.